The monoisotopic (exact) mass is 1890 g/mol. The van der Waals surface area contributed by atoms with Crippen LogP contribution in [0.25, 0.3) is 279 Å². The van der Waals surface area contributed by atoms with Crippen molar-refractivity contribution in [1.82, 2.24) is 22.2 Å². The van der Waals surface area contributed by atoms with Gasteiger partial charge in [-0.05, 0) is 227 Å². The molecule has 0 N–H and O–H groups in total. The zero-order valence-corrected chi connectivity index (χ0v) is 83.6. The number of furan rings is 2. The van der Waals surface area contributed by atoms with Gasteiger partial charge in [-0.15, -0.1) is 0 Å². The maximum absolute atomic E-state index is 6.30. The van der Waals surface area contributed by atoms with Gasteiger partial charge in [0.05, 0.1) is 77.2 Å². The summed E-state index contributed by atoms with van der Waals surface area (Å²) in [6.45, 7) is 23.7. The van der Waals surface area contributed by atoms with Gasteiger partial charge in [-0.25, -0.2) is 0 Å². The minimum Gasteiger partial charge on any atom is -0.456 e. The molecule has 5 aliphatic rings. The Morgan fingerprint density at radius 3 is 0.946 bits per heavy atom. The highest BCUT2D eigenvalue weighted by Crippen LogP contribution is 2.61. The van der Waals surface area contributed by atoms with Gasteiger partial charge in [-0.3, -0.25) is 0 Å². The Hall–Kier alpha value is -17.8. The van der Waals surface area contributed by atoms with Gasteiger partial charge in [0.1, 0.15) is 22.3 Å². The summed E-state index contributed by atoms with van der Waals surface area (Å²) in [4.78, 5) is 0. The number of aromatic nitrogens is 5. The largest absolute Gasteiger partial charge is 0.456 e. The third-order valence-corrected chi connectivity index (χ3v) is 36.6. The quantitative estimate of drug-likeness (QED) is 0.164. The van der Waals surface area contributed by atoms with Crippen LogP contribution in [0.3, 0.4) is 0 Å². The molecule has 0 radical (unpaired) electrons. The van der Waals surface area contributed by atoms with Crippen LogP contribution in [-0.4, -0.2) is 22.2 Å². The summed E-state index contributed by atoms with van der Waals surface area (Å²) in [5.74, 6) is 0. The van der Waals surface area contributed by atoms with Crippen LogP contribution in [0.4, 0.5) is 0 Å². The normalized spacial score (nSPS) is 15.1. The number of para-hydroxylation sites is 8. The first kappa shape index (κ1) is 81.6. The Bertz CT molecular complexity index is 11600. The fourth-order valence-corrected chi connectivity index (χ4v) is 29.9. The Labute approximate surface area is 850 Å². The van der Waals surface area contributed by atoms with Crippen molar-refractivity contribution in [2.45, 2.75) is 96.3 Å². The van der Waals surface area contributed by atoms with Crippen LogP contribution in [0.1, 0.15) is 125 Å². The second-order valence-electron chi connectivity index (χ2n) is 45.5. The summed E-state index contributed by atoms with van der Waals surface area (Å²) >= 11 is 0. The fourth-order valence-electron chi connectivity index (χ4n) is 29.9. The van der Waals surface area contributed by atoms with Crippen LogP contribution in [0.5, 0.6) is 0 Å². The molecule has 0 saturated heterocycles. The lowest BCUT2D eigenvalue weighted by Crippen LogP contribution is -2.14. The molecule has 11 heterocycles. The van der Waals surface area contributed by atoms with E-state index in [2.05, 4.69) is 474 Å². The van der Waals surface area contributed by atoms with Crippen molar-refractivity contribution in [3.05, 3.63) is 450 Å². The van der Waals surface area contributed by atoms with Crippen molar-refractivity contribution in [2.75, 3.05) is 0 Å². The molecule has 11 aromatic heterocycles. The van der Waals surface area contributed by atoms with E-state index in [1.807, 2.05) is 12.1 Å². The number of nitrogens with zero attached hydrogens (tertiary/aromatic N) is 5. The van der Waals surface area contributed by atoms with Crippen molar-refractivity contribution < 1.29 is 8.83 Å². The van der Waals surface area contributed by atoms with Gasteiger partial charge in [0.2, 0.25) is 0 Å². The molecule has 0 fully saturated rings. The Morgan fingerprint density at radius 2 is 0.466 bits per heavy atom. The Kier molecular flexibility index (Phi) is 15.2. The van der Waals surface area contributed by atoms with Gasteiger partial charge < -0.3 is 31.0 Å². The van der Waals surface area contributed by atoms with E-state index in [-0.39, 0.29) is 27.1 Å². The number of rotatable bonds is 1. The van der Waals surface area contributed by atoms with Crippen LogP contribution in [-0.2, 0) is 27.1 Å². The second-order valence-corrected chi connectivity index (χ2v) is 45.5. The molecule has 37 rings (SSSR count). The zero-order valence-electron chi connectivity index (χ0n) is 83.6. The summed E-state index contributed by atoms with van der Waals surface area (Å²) < 4.78 is 25.0. The van der Waals surface area contributed by atoms with Crippen molar-refractivity contribution in [2.24, 2.45) is 0 Å². The molecule has 7 nitrogen and oxygen atoms in total. The molecule has 0 atom stereocenters. The van der Waals surface area contributed by atoms with E-state index >= 15 is 0 Å². The Morgan fingerprint density at radius 1 is 0.155 bits per heavy atom. The van der Waals surface area contributed by atoms with Crippen molar-refractivity contribution in [3.8, 4) is 61.3 Å². The highest BCUT2D eigenvalue weighted by molar-refractivity contribution is 6.36. The standard InChI is InChI=1S/C39H26N2.C36H27N.2C33H21NO/c1-39(2)30-17-8-6-13-24(30)28-22-35-29(21-31(28)39)25-15-10-16-27-37-34(41(35)38(25)27)20-19-33-36(37)26-14-7-9-18-32(26)40(33)23-11-4-3-5-12-23;1-35(2)27-15-8-6-11-22(27)32-28(35)16-17-30-33(32)23-13-9-12-21-25-18-29-24(19-31(25)37(30)34(21)23)20-10-5-7-14-26(20)36(29,3)4;1-33(2)26-12-5-3-8-18(26)22-16-28-24(15-27(22)33)21-11-7-10-20-23-14-25-19-9-4-6-13-30(19)35-31(25)17-29(23)34(28)32(20)21;1-33(2)24-12-5-3-8-18(24)22-17-27-23(16-25(22)33)19-10-7-11-21-30-26(34(27)32(19)21)14-15-29-31(30)20-9-4-6-13-28(20)35-29/h3-22H,1-2H3;5-19H,1-4H3;2*3-17H,1-2H3. The predicted octanol–water partition coefficient (Wildman–Crippen LogP) is 37.8. The first-order valence-corrected chi connectivity index (χ1v) is 52.4. The third-order valence-electron chi connectivity index (χ3n) is 36.6. The van der Waals surface area contributed by atoms with Crippen molar-refractivity contribution >= 4 is 218 Å². The Balaban J connectivity index is 0.0000000845. The van der Waals surface area contributed by atoms with Crippen LogP contribution in [0, 0.1) is 0 Å². The number of fused-ring (bicyclic) bond motifs is 51. The molecule has 32 aromatic rings. The third kappa shape index (κ3) is 9.93. The van der Waals surface area contributed by atoms with Gasteiger partial charge in [0, 0.05) is 157 Å². The number of hydrogen-bond acceptors (Lipinski definition) is 2. The summed E-state index contributed by atoms with van der Waals surface area (Å²) in [5, 5.41) is 28.7. The number of hydrogen-bond donors (Lipinski definition) is 0. The summed E-state index contributed by atoms with van der Waals surface area (Å²) in [7, 11) is 0. The first-order chi connectivity index (χ1) is 72.2. The molecule has 0 amide bonds. The fraction of sp³-hybridized carbons (Fsp3) is 0.106. The molecule has 7 heteroatoms. The van der Waals surface area contributed by atoms with Crippen LogP contribution in [0.15, 0.2) is 403 Å². The second kappa shape index (κ2) is 27.6. The smallest absolute Gasteiger partial charge is 0.137 e. The molecule has 0 bridgehead atoms. The van der Waals surface area contributed by atoms with E-state index < -0.39 is 0 Å². The first-order valence-electron chi connectivity index (χ1n) is 52.4. The van der Waals surface area contributed by atoms with E-state index in [0.717, 1.165) is 22.3 Å². The topological polar surface area (TPSA) is 48.9 Å². The van der Waals surface area contributed by atoms with Crippen LogP contribution < -0.4 is 0 Å². The van der Waals surface area contributed by atoms with Gasteiger partial charge >= 0.3 is 0 Å². The maximum atomic E-state index is 6.30. The molecule has 0 saturated carbocycles. The zero-order chi connectivity index (χ0) is 98.0. The molecular weight excluding hydrogens is 1800 g/mol. The van der Waals surface area contributed by atoms with Gasteiger partial charge in [0.15, 0.2) is 0 Å². The summed E-state index contributed by atoms with van der Waals surface area (Å²) in [5.41, 5.74) is 51.0. The number of benzene rings is 21. The molecule has 0 aliphatic heterocycles. The van der Waals surface area contributed by atoms with Gasteiger partial charge in [-0.1, -0.05) is 342 Å². The molecule has 0 unspecified atom stereocenters. The van der Waals surface area contributed by atoms with Crippen LogP contribution in [0.2, 0.25) is 0 Å². The van der Waals surface area contributed by atoms with Crippen LogP contribution >= 0.6 is 0 Å². The molecule has 696 valence electrons. The minimum atomic E-state index is -0.0143. The highest BCUT2D eigenvalue weighted by Gasteiger charge is 2.44. The molecular formula is C141H95N5O2. The molecule has 0 spiro atoms. The van der Waals surface area contributed by atoms with E-state index in [4.69, 9.17) is 8.83 Å². The lowest BCUT2D eigenvalue weighted by molar-refractivity contribution is 0.661. The molecule has 148 heavy (non-hydrogen) atoms. The predicted molar refractivity (Wildman–Crippen MR) is 621 cm³/mol. The average Bonchev–Trinajstić information content (AvgIpc) is 1.52. The van der Waals surface area contributed by atoms with E-state index in [9.17, 15) is 0 Å². The lowest BCUT2D eigenvalue weighted by Gasteiger charge is -2.21. The van der Waals surface area contributed by atoms with Gasteiger partial charge in [0.25, 0.3) is 0 Å². The van der Waals surface area contributed by atoms with E-state index in [1.165, 1.54) is 313 Å². The highest BCUT2D eigenvalue weighted by atomic mass is 16.3. The van der Waals surface area contributed by atoms with Gasteiger partial charge in [-0.2, -0.15) is 0 Å². The van der Waals surface area contributed by atoms with E-state index in [1.54, 1.807) is 0 Å². The average molecular weight is 1890 g/mol. The minimum absolute atomic E-state index is 0.00392. The summed E-state index contributed by atoms with van der Waals surface area (Å²) in [6, 6.07) is 146. The molecule has 5 aliphatic carbocycles. The van der Waals surface area contributed by atoms with Crippen molar-refractivity contribution in [1.29, 1.82) is 0 Å². The van der Waals surface area contributed by atoms with Crippen molar-refractivity contribution in [3.63, 3.8) is 0 Å². The lowest BCUT2D eigenvalue weighted by atomic mass is 9.82. The maximum Gasteiger partial charge on any atom is 0.137 e. The SMILES string of the molecule is CC1(C)c2ccccc2-c2cc3c(cc21)c1cccc2c4c5c(ccc4n3c12)C(C)(C)c1ccccc1-5.CC1(C)c2ccccc2-c2cc3c(cc21)c1cccc2c4c5c(ccc4n3c12)oc1ccccc15.CC1(C)c2ccccc2-c2cc3c(cc21)c1cccc2c4c5c6ccccc6n(-c6ccccc6)c5ccc4n3c12.CC1(C)c2ccccc2-c2cc3c(cc21)c1cccc2c4cc5c(cc4n3c12)oc1ccccc15. The molecule has 21 aromatic carbocycles. The van der Waals surface area contributed by atoms with E-state index in [0.29, 0.717) is 0 Å². The summed E-state index contributed by atoms with van der Waals surface area (Å²) in [6.07, 6.45) is 0.